The number of nitrogens with one attached hydrogen (secondary N) is 2. The predicted molar refractivity (Wildman–Crippen MR) is 118 cm³/mol. The highest BCUT2D eigenvalue weighted by molar-refractivity contribution is 6.00. The van der Waals surface area contributed by atoms with Crippen LogP contribution in [0.25, 0.3) is 0 Å². The second kappa shape index (κ2) is 11.7. The van der Waals surface area contributed by atoms with Gasteiger partial charge in [0.2, 0.25) is 0 Å². The Morgan fingerprint density at radius 1 is 0.818 bits per heavy atom. The third kappa shape index (κ3) is 6.84. The minimum atomic E-state index is -1.19. The van der Waals surface area contributed by atoms with Crippen molar-refractivity contribution in [3.8, 4) is 23.0 Å². The highest BCUT2D eigenvalue weighted by Crippen LogP contribution is 2.29. The van der Waals surface area contributed by atoms with E-state index in [2.05, 4.69) is 10.6 Å². The smallest absolute Gasteiger partial charge is 0.255 e. The molecule has 2 aromatic rings. The summed E-state index contributed by atoms with van der Waals surface area (Å²) < 4.78 is 0. The van der Waals surface area contributed by atoms with E-state index in [9.17, 15) is 39.9 Å². The third-order valence-electron chi connectivity index (χ3n) is 5.02. The van der Waals surface area contributed by atoms with Crippen molar-refractivity contribution in [2.75, 3.05) is 6.54 Å². The fourth-order valence-corrected chi connectivity index (χ4v) is 3.17. The molecule has 2 amide bonds. The van der Waals surface area contributed by atoms with Crippen LogP contribution < -0.4 is 10.6 Å². The van der Waals surface area contributed by atoms with Crippen LogP contribution >= 0.6 is 0 Å². The van der Waals surface area contributed by atoms with Crippen molar-refractivity contribution < 1.29 is 39.9 Å². The van der Waals surface area contributed by atoms with Crippen molar-refractivity contribution in [3.63, 3.8) is 0 Å². The molecular weight excluding hydrogens is 432 g/mol. The van der Waals surface area contributed by atoms with E-state index in [4.69, 9.17) is 0 Å². The number of aliphatic hydroxyl groups excluding tert-OH is 1. The number of aliphatic hydroxyl groups is 1. The number of hydrogen-bond donors (Lipinski definition) is 7. The Balaban J connectivity index is 1.78. The van der Waals surface area contributed by atoms with Crippen LogP contribution in [-0.4, -0.2) is 61.8 Å². The van der Waals surface area contributed by atoms with Gasteiger partial charge < -0.3 is 36.2 Å². The highest BCUT2D eigenvalue weighted by Gasteiger charge is 2.26. The summed E-state index contributed by atoms with van der Waals surface area (Å²) >= 11 is 0. The molecule has 0 heterocycles. The second-order valence-electron chi connectivity index (χ2n) is 7.57. The van der Waals surface area contributed by atoms with E-state index >= 15 is 0 Å². The minimum absolute atomic E-state index is 0.0431. The van der Waals surface area contributed by atoms with Gasteiger partial charge in [-0.1, -0.05) is 18.6 Å². The van der Waals surface area contributed by atoms with Crippen molar-refractivity contribution >= 4 is 17.6 Å². The van der Waals surface area contributed by atoms with E-state index in [1.165, 1.54) is 43.3 Å². The molecule has 0 saturated carbocycles. The van der Waals surface area contributed by atoms with Crippen molar-refractivity contribution in [2.45, 2.75) is 44.8 Å². The molecule has 0 saturated heterocycles. The van der Waals surface area contributed by atoms with Crippen LogP contribution in [0.4, 0.5) is 0 Å². The molecular formula is C23H28N2O8. The molecule has 10 nitrogen and oxygen atoms in total. The molecule has 0 aliphatic rings. The predicted octanol–water partition coefficient (Wildman–Crippen LogP) is 1.55. The standard InChI is InChI=1S/C23H28N2O8/c1-13(26)19(25-23(33)15-8-6-11-18(29)21(15)31)16(27)9-3-2-4-12-24-22(32)14-7-5-10-17(28)20(14)30/h5-8,10-11,13,19,26,28-31H,2-4,9,12H2,1H3,(H,24,32)(H,25,33)/t13-,19+/m1/s1. The van der Waals surface area contributed by atoms with Crippen LogP contribution in [0.5, 0.6) is 23.0 Å². The number of benzene rings is 2. The Bertz CT molecular complexity index is 1010. The van der Waals surface area contributed by atoms with Gasteiger partial charge in [0.25, 0.3) is 11.8 Å². The lowest BCUT2D eigenvalue weighted by Crippen LogP contribution is -2.47. The van der Waals surface area contributed by atoms with Gasteiger partial charge in [-0.2, -0.15) is 0 Å². The molecule has 7 N–H and O–H groups in total. The van der Waals surface area contributed by atoms with Gasteiger partial charge in [-0.05, 0) is 44.0 Å². The van der Waals surface area contributed by atoms with Crippen molar-refractivity contribution in [1.82, 2.24) is 10.6 Å². The largest absolute Gasteiger partial charge is 0.504 e. The first-order chi connectivity index (χ1) is 15.6. The maximum Gasteiger partial charge on any atom is 0.255 e. The number of rotatable bonds is 11. The van der Waals surface area contributed by atoms with Gasteiger partial charge >= 0.3 is 0 Å². The monoisotopic (exact) mass is 460 g/mol. The van der Waals surface area contributed by atoms with E-state index in [1.807, 2.05) is 0 Å². The summed E-state index contributed by atoms with van der Waals surface area (Å²) in [4.78, 5) is 36.9. The van der Waals surface area contributed by atoms with E-state index in [-0.39, 0.29) is 29.8 Å². The van der Waals surface area contributed by atoms with Crippen molar-refractivity contribution in [2.24, 2.45) is 0 Å². The molecule has 2 rings (SSSR count). The summed E-state index contributed by atoms with van der Waals surface area (Å²) in [6, 6.07) is 6.74. The maximum atomic E-state index is 12.5. The third-order valence-corrected chi connectivity index (χ3v) is 5.02. The molecule has 0 radical (unpaired) electrons. The molecule has 0 aliphatic heterocycles. The van der Waals surface area contributed by atoms with E-state index in [1.54, 1.807) is 0 Å². The first-order valence-corrected chi connectivity index (χ1v) is 10.4. The molecule has 0 unspecified atom stereocenters. The summed E-state index contributed by atoms with van der Waals surface area (Å²) in [6.07, 6.45) is 0.467. The number of Topliss-reactive ketones (excluding diaryl/α,β-unsaturated/α-hetero) is 1. The topological polar surface area (TPSA) is 176 Å². The average Bonchev–Trinajstić information content (AvgIpc) is 2.77. The van der Waals surface area contributed by atoms with Crippen LogP contribution in [0.15, 0.2) is 36.4 Å². The number of carbonyl (C=O) groups excluding carboxylic acids is 3. The lowest BCUT2D eigenvalue weighted by atomic mass is 10.0. The van der Waals surface area contributed by atoms with E-state index < -0.39 is 47.0 Å². The summed E-state index contributed by atoms with van der Waals surface area (Å²) in [5, 5.41) is 53.4. The fraction of sp³-hybridized carbons (Fsp3) is 0.348. The summed E-state index contributed by atoms with van der Waals surface area (Å²) in [5.74, 6) is -3.72. The molecule has 0 aromatic heterocycles. The Morgan fingerprint density at radius 2 is 1.36 bits per heavy atom. The Labute approximate surface area is 190 Å². The van der Waals surface area contributed by atoms with Crippen LogP contribution in [-0.2, 0) is 4.79 Å². The highest BCUT2D eigenvalue weighted by atomic mass is 16.3. The Morgan fingerprint density at radius 3 is 1.91 bits per heavy atom. The molecule has 0 spiro atoms. The Hall–Kier alpha value is -3.79. The molecule has 0 aliphatic carbocycles. The number of para-hydroxylation sites is 2. The van der Waals surface area contributed by atoms with Crippen molar-refractivity contribution in [1.29, 1.82) is 0 Å². The van der Waals surface area contributed by atoms with Gasteiger partial charge in [0, 0.05) is 13.0 Å². The lowest BCUT2D eigenvalue weighted by molar-refractivity contribution is -0.123. The van der Waals surface area contributed by atoms with Gasteiger partial charge in [-0.3, -0.25) is 14.4 Å². The minimum Gasteiger partial charge on any atom is -0.504 e. The quantitative estimate of drug-likeness (QED) is 0.195. The van der Waals surface area contributed by atoms with Gasteiger partial charge in [0.05, 0.1) is 17.2 Å². The molecule has 178 valence electrons. The van der Waals surface area contributed by atoms with Gasteiger partial charge in [0.15, 0.2) is 28.8 Å². The van der Waals surface area contributed by atoms with Crippen LogP contribution in [0.1, 0.15) is 53.3 Å². The van der Waals surface area contributed by atoms with Gasteiger partial charge in [0.1, 0.15) is 6.04 Å². The summed E-state index contributed by atoms with van der Waals surface area (Å²) in [6.45, 7) is 1.65. The maximum absolute atomic E-state index is 12.5. The summed E-state index contributed by atoms with van der Waals surface area (Å²) in [7, 11) is 0. The number of ketones is 1. The number of amides is 2. The Kier molecular flexibility index (Phi) is 9.05. The zero-order chi connectivity index (χ0) is 24.5. The molecule has 2 aromatic carbocycles. The first-order valence-electron chi connectivity index (χ1n) is 10.4. The van der Waals surface area contributed by atoms with E-state index in [0.29, 0.717) is 19.3 Å². The molecule has 0 fully saturated rings. The van der Waals surface area contributed by atoms with Crippen LogP contribution in [0.3, 0.4) is 0 Å². The average molecular weight is 460 g/mol. The number of unbranched alkanes of at least 4 members (excludes halogenated alkanes) is 2. The fourth-order valence-electron chi connectivity index (χ4n) is 3.17. The zero-order valence-electron chi connectivity index (χ0n) is 18.1. The number of aromatic hydroxyl groups is 4. The normalized spacial score (nSPS) is 12.5. The number of carbonyl (C=O) groups is 3. The summed E-state index contributed by atoms with van der Waals surface area (Å²) in [5.41, 5.74) is -0.263. The SMILES string of the molecule is C[C@@H](O)[C@H](NC(=O)c1cccc(O)c1O)C(=O)CCCCCNC(=O)c1cccc(O)c1O. The molecule has 0 bridgehead atoms. The first kappa shape index (κ1) is 25.5. The second-order valence-corrected chi connectivity index (χ2v) is 7.57. The van der Waals surface area contributed by atoms with Gasteiger partial charge in [-0.15, -0.1) is 0 Å². The van der Waals surface area contributed by atoms with Crippen molar-refractivity contribution in [3.05, 3.63) is 47.5 Å². The number of phenolic OH excluding ortho intramolecular Hbond substituents is 4. The molecule has 10 heteroatoms. The zero-order valence-corrected chi connectivity index (χ0v) is 18.1. The number of hydrogen-bond acceptors (Lipinski definition) is 8. The molecule has 2 atom stereocenters. The van der Waals surface area contributed by atoms with Gasteiger partial charge in [-0.25, -0.2) is 0 Å². The molecule has 33 heavy (non-hydrogen) atoms. The lowest BCUT2D eigenvalue weighted by Gasteiger charge is -2.20. The van der Waals surface area contributed by atoms with Crippen LogP contribution in [0.2, 0.25) is 0 Å². The number of phenols is 4. The van der Waals surface area contributed by atoms with Crippen LogP contribution in [0, 0.1) is 0 Å². The van der Waals surface area contributed by atoms with E-state index in [0.717, 1.165) is 0 Å².